The Kier molecular flexibility index (Phi) is 6.05. The van der Waals surface area contributed by atoms with Crippen LogP contribution in [-0.4, -0.2) is 5.78 Å². The Bertz CT molecular complexity index is 1130. The summed E-state index contributed by atoms with van der Waals surface area (Å²) in [5.74, 6) is 5.08. The molecule has 0 amide bonds. The predicted octanol–water partition coefficient (Wildman–Crippen LogP) is 10.0. The summed E-state index contributed by atoms with van der Waals surface area (Å²) in [5.41, 5.74) is 3.51. The second kappa shape index (κ2) is 8.57. The molecule has 0 bridgehead atoms. The SMILES string of the molecule is CC(C)[C@@H]1CC[C@]2(C)CC[C@]3(C)[C@H](CC[C@@H]4[C@]5(C)C/C(=C/c6ccccc6)C(=O)C(C)(C)[C@@H]5CC[C@]43C)[C@@H]12. The summed E-state index contributed by atoms with van der Waals surface area (Å²) in [6.45, 7) is 20.3. The highest BCUT2D eigenvalue weighted by Gasteiger charge is 2.70. The van der Waals surface area contributed by atoms with E-state index in [2.05, 4.69) is 91.8 Å². The van der Waals surface area contributed by atoms with Crippen LogP contribution in [0, 0.1) is 62.6 Å². The molecule has 208 valence electrons. The van der Waals surface area contributed by atoms with Gasteiger partial charge in [-0.15, -0.1) is 0 Å². The lowest BCUT2D eigenvalue weighted by Gasteiger charge is -2.72. The molecule has 0 spiro atoms. The van der Waals surface area contributed by atoms with E-state index >= 15 is 0 Å². The highest BCUT2D eigenvalue weighted by molar-refractivity contribution is 6.04. The molecule has 0 aliphatic heterocycles. The van der Waals surface area contributed by atoms with Crippen LogP contribution in [0.25, 0.3) is 6.08 Å². The molecule has 5 saturated carbocycles. The second-order valence-electron chi connectivity index (χ2n) is 16.6. The number of carbonyl (C=O) groups is 1. The van der Waals surface area contributed by atoms with Crippen molar-refractivity contribution < 1.29 is 4.79 Å². The summed E-state index contributed by atoms with van der Waals surface area (Å²) in [5, 5.41) is 0. The first kappa shape index (κ1) is 26.8. The fourth-order valence-electron chi connectivity index (χ4n) is 12.5. The Morgan fingerprint density at radius 1 is 0.789 bits per heavy atom. The largest absolute Gasteiger partial charge is 0.294 e. The van der Waals surface area contributed by atoms with Gasteiger partial charge in [-0.3, -0.25) is 4.79 Å². The van der Waals surface area contributed by atoms with Crippen LogP contribution in [0.3, 0.4) is 0 Å². The molecule has 0 saturated heterocycles. The minimum atomic E-state index is -0.286. The van der Waals surface area contributed by atoms with Crippen LogP contribution in [-0.2, 0) is 4.79 Å². The molecule has 5 aliphatic carbocycles. The average Bonchev–Trinajstić information content (AvgIpc) is 3.21. The van der Waals surface area contributed by atoms with Crippen LogP contribution in [0.4, 0.5) is 0 Å². The lowest BCUT2D eigenvalue weighted by Crippen LogP contribution is -2.66. The predicted molar refractivity (Wildman–Crippen MR) is 159 cm³/mol. The molecule has 1 nitrogen and oxygen atoms in total. The zero-order chi connectivity index (χ0) is 27.3. The summed E-state index contributed by atoms with van der Waals surface area (Å²) < 4.78 is 0. The number of hydrogen-bond acceptors (Lipinski definition) is 1. The second-order valence-corrected chi connectivity index (χ2v) is 16.6. The maximum atomic E-state index is 14.0. The Balaban J connectivity index is 1.40. The Labute approximate surface area is 233 Å². The van der Waals surface area contributed by atoms with Crippen molar-refractivity contribution in [2.45, 2.75) is 113 Å². The number of benzene rings is 1. The average molecular weight is 515 g/mol. The Hall–Kier alpha value is -1.37. The standard InChI is InChI=1S/C37H54O/c1-24(2)27-16-18-34(5)20-21-36(7)28(31(27)34)14-15-30-35(6)23-26(22-25-12-10-9-11-13-25)32(38)33(3,4)29(35)17-19-37(30,36)8/h9-13,22,24,27-31H,14-21,23H2,1-8H3/b26-22-/t27-,28+,29-,30+,31+,34+,35+,36+,37+/m0/s1. The smallest absolute Gasteiger partial charge is 0.164 e. The molecule has 1 heteroatoms. The topological polar surface area (TPSA) is 17.1 Å². The molecule has 0 N–H and O–H groups in total. The van der Waals surface area contributed by atoms with E-state index in [0.29, 0.717) is 33.9 Å². The normalized spacial score (nSPS) is 48.8. The van der Waals surface area contributed by atoms with Crippen molar-refractivity contribution in [2.24, 2.45) is 62.6 Å². The molecule has 38 heavy (non-hydrogen) atoms. The van der Waals surface area contributed by atoms with Crippen LogP contribution in [0.2, 0.25) is 0 Å². The van der Waals surface area contributed by atoms with Gasteiger partial charge in [0, 0.05) is 5.41 Å². The van der Waals surface area contributed by atoms with Crippen molar-refractivity contribution in [3.05, 3.63) is 41.5 Å². The highest BCUT2D eigenvalue weighted by atomic mass is 16.1. The molecule has 0 aromatic heterocycles. The van der Waals surface area contributed by atoms with Gasteiger partial charge >= 0.3 is 0 Å². The van der Waals surface area contributed by atoms with Gasteiger partial charge in [0.15, 0.2) is 5.78 Å². The number of carbonyl (C=O) groups excluding carboxylic acids is 1. The van der Waals surface area contributed by atoms with Crippen LogP contribution in [0.1, 0.15) is 119 Å². The van der Waals surface area contributed by atoms with Crippen molar-refractivity contribution >= 4 is 11.9 Å². The molecule has 6 rings (SSSR count). The van der Waals surface area contributed by atoms with Crippen LogP contribution in [0.15, 0.2) is 35.9 Å². The van der Waals surface area contributed by atoms with Gasteiger partial charge in [0.25, 0.3) is 0 Å². The van der Waals surface area contributed by atoms with Crippen molar-refractivity contribution in [1.82, 2.24) is 0 Å². The van der Waals surface area contributed by atoms with Crippen molar-refractivity contribution in [3.8, 4) is 0 Å². The van der Waals surface area contributed by atoms with E-state index in [4.69, 9.17) is 0 Å². The summed E-state index contributed by atoms with van der Waals surface area (Å²) in [6.07, 6.45) is 14.3. The van der Waals surface area contributed by atoms with Crippen LogP contribution in [0.5, 0.6) is 0 Å². The van der Waals surface area contributed by atoms with Crippen LogP contribution < -0.4 is 0 Å². The van der Waals surface area contributed by atoms with E-state index < -0.39 is 0 Å². The van der Waals surface area contributed by atoms with E-state index in [0.717, 1.165) is 35.7 Å². The number of fused-ring (bicyclic) bond motifs is 7. The zero-order valence-corrected chi connectivity index (χ0v) is 25.7. The van der Waals surface area contributed by atoms with Gasteiger partial charge in [-0.25, -0.2) is 0 Å². The highest BCUT2D eigenvalue weighted by Crippen LogP contribution is 2.77. The number of rotatable bonds is 2. The molecule has 0 radical (unpaired) electrons. The van der Waals surface area contributed by atoms with Gasteiger partial charge in [-0.1, -0.05) is 85.7 Å². The third kappa shape index (κ3) is 3.44. The van der Waals surface area contributed by atoms with E-state index in [-0.39, 0.29) is 10.8 Å². The molecule has 5 aliphatic rings. The number of allylic oxidation sites excluding steroid dienone is 1. The third-order valence-corrected chi connectivity index (χ3v) is 14.5. The van der Waals surface area contributed by atoms with Gasteiger partial charge in [-0.05, 0) is 132 Å². The van der Waals surface area contributed by atoms with Crippen molar-refractivity contribution in [3.63, 3.8) is 0 Å². The zero-order valence-electron chi connectivity index (χ0n) is 25.7. The Morgan fingerprint density at radius 3 is 2.18 bits per heavy atom. The van der Waals surface area contributed by atoms with Gasteiger partial charge in [0.05, 0.1) is 0 Å². The van der Waals surface area contributed by atoms with E-state index in [1.54, 1.807) is 0 Å². The minimum Gasteiger partial charge on any atom is -0.294 e. The summed E-state index contributed by atoms with van der Waals surface area (Å²) in [7, 11) is 0. The first-order valence-corrected chi connectivity index (χ1v) is 16.1. The number of ketones is 1. The van der Waals surface area contributed by atoms with Crippen LogP contribution >= 0.6 is 0 Å². The quantitative estimate of drug-likeness (QED) is 0.359. The molecule has 1 aromatic carbocycles. The molecule has 5 fully saturated rings. The molecule has 0 heterocycles. The summed E-state index contributed by atoms with van der Waals surface area (Å²) >= 11 is 0. The monoisotopic (exact) mass is 514 g/mol. The van der Waals surface area contributed by atoms with E-state index in [1.807, 2.05) is 0 Å². The van der Waals surface area contributed by atoms with E-state index in [1.165, 1.54) is 56.9 Å². The fourth-order valence-corrected chi connectivity index (χ4v) is 12.5. The van der Waals surface area contributed by atoms with Gasteiger partial charge in [0.1, 0.15) is 0 Å². The van der Waals surface area contributed by atoms with Gasteiger partial charge in [0.2, 0.25) is 0 Å². The molecular formula is C37H54O. The molecule has 1 aromatic rings. The molecule has 0 unspecified atom stereocenters. The third-order valence-electron chi connectivity index (χ3n) is 14.5. The number of hydrogen-bond donors (Lipinski definition) is 0. The summed E-state index contributed by atoms with van der Waals surface area (Å²) in [4.78, 5) is 14.0. The van der Waals surface area contributed by atoms with Gasteiger partial charge in [-0.2, -0.15) is 0 Å². The van der Waals surface area contributed by atoms with Crippen molar-refractivity contribution in [2.75, 3.05) is 0 Å². The van der Waals surface area contributed by atoms with E-state index in [9.17, 15) is 4.79 Å². The summed E-state index contributed by atoms with van der Waals surface area (Å²) in [6, 6.07) is 10.6. The lowest BCUT2D eigenvalue weighted by atomic mass is 9.32. The molecular weight excluding hydrogens is 460 g/mol. The van der Waals surface area contributed by atoms with Crippen molar-refractivity contribution in [1.29, 1.82) is 0 Å². The first-order valence-electron chi connectivity index (χ1n) is 16.1. The Morgan fingerprint density at radius 2 is 1.50 bits per heavy atom. The molecule has 9 atom stereocenters. The maximum absolute atomic E-state index is 14.0. The minimum absolute atomic E-state index is 0.187. The number of Topliss-reactive ketones (excluding diaryl/α,β-unsaturated/α-hetero) is 1. The maximum Gasteiger partial charge on any atom is 0.164 e. The lowest BCUT2D eigenvalue weighted by molar-refractivity contribution is -0.230. The fraction of sp³-hybridized carbons (Fsp3) is 0.757. The first-order chi connectivity index (χ1) is 17.8. The van der Waals surface area contributed by atoms with Gasteiger partial charge < -0.3 is 0 Å².